The van der Waals surface area contributed by atoms with E-state index in [1.54, 1.807) is 0 Å². The lowest BCUT2D eigenvalue weighted by molar-refractivity contribution is 0.324. The molecule has 0 aliphatic carbocycles. The normalized spacial score (nSPS) is 9.12. The summed E-state index contributed by atoms with van der Waals surface area (Å²) in [5.41, 5.74) is -0.102. The fraction of sp³-hybridized carbons (Fsp3) is 0.917. The van der Waals surface area contributed by atoms with E-state index in [1.165, 1.54) is 6.42 Å². The minimum absolute atomic E-state index is 0.102. The zero-order valence-electron chi connectivity index (χ0n) is 10.9. The molecule has 0 fully saturated rings. The molecule has 4 heteroatoms. The highest BCUT2D eigenvalue weighted by Crippen LogP contribution is 2.19. The molecule has 1 N–H and O–H groups in total. The highest BCUT2D eigenvalue weighted by Gasteiger charge is 2.13. The van der Waals surface area contributed by atoms with Gasteiger partial charge >= 0.3 is 0 Å². The van der Waals surface area contributed by atoms with Gasteiger partial charge in [0, 0.05) is 10.7 Å². The minimum Gasteiger partial charge on any atom is -0.396 e. The summed E-state index contributed by atoms with van der Waals surface area (Å²) < 4.78 is 0. The van der Waals surface area contributed by atoms with Crippen LogP contribution in [0.1, 0.15) is 47.0 Å². The number of nitrogens with zero attached hydrogens (tertiary/aromatic N) is 1. The number of aliphatic hydroxyl groups excluding tert-OH is 1. The zero-order valence-corrected chi connectivity index (χ0v) is 14.1. The molecule has 0 unspecified atom stereocenters. The Morgan fingerprint density at radius 2 is 1.50 bits per heavy atom. The number of halogens is 2. The van der Waals surface area contributed by atoms with Crippen LogP contribution in [0.25, 0.3) is 0 Å². The molecule has 98 valence electrons. The molecule has 16 heavy (non-hydrogen) atoms. The van der Waals surface area contributed by atoms with Crippen molar-refractivity contribution in [2.45, 2.75) is 47.0 Å². The van der Waals surface area contributed by atoms with E-state index in [-0.39, 0.29) is 12.0 Å². The number of nitriles is 1. The molecule has 0 rings (SSSR count). The predicted molar refractivity (Wildman–Crippen MR) is 79.3 cm³/mol. The molecule has 0 aromatic carbocycles. The molecule has 0 bridgehead atoms. The number of alkyl halides is 2. The van der Waals surface area contributed by atoms with Gasteiger partial charge < -0.3 is 5.11 Å². The van der Waals surface area contributed by atoms with Crippen molar-refractivity contribution in [2.24, 2.45) is 5.41 Å². The average molecular weight is 359 g/mol. The van der Waals surface area contributed by atoms with Gasteiger partial charge in [-0.25, -0.2) is 0 Å². The quantitative estimate of drug-likeness (QED) is 0.751. The Balaban J connectivity index is -0.000000179. The van der Waals surface area contributed by atoms with Crippen molar-refractivity contribution in [1.29, 1.82) is 5.26 Å². The van der Waals surface area contributed by atoms with Gasteiger partial charge in [-0.1, -0.05) is 52.1 Å². The van der Waals surface area contributed by atoms with Crippen molar-refractivity contribution in [3.05, 3.63) is 0 Å². The first-order chi connectivity index (χ1) is 7.45. The molecule has 0 saturated heterocycles. The highest BCUT2D eigenvalue weighted by atomic mass is 79.9. The van der Waals surface area contributed by atoms with Crippen LogP contribution in [-0.4, -0.2) is 22.4 Å². The van der Waals surface area contributed by atoms with Crippen LogP contribution in [0.4, 0.5) is 0 Å². The first-order valence-corrected chi connectivity index (χ1v) is 7.84. The second-order valence-electron chi connectivity index (χ2n) is 3.85. The summed E-state index contributed by atoms with van der Waals surface area (Å²) in [4.78, 5) is 0. The van der Waals surface area contributed by atoms with E-state index in [0.29, 0.717) is 5.33 Å². The van der Waals surface area contributed by atoms with Crippen LogP contribution in [0.2, 0.25) is 0 Å². The van der Waals surface area contributed by atoms with Crippen LogP contribution in [-0.2, 0) is 0 Å². The third-order valence-electron chi connectivity index (χ3n) is 1.45. The van der Waals surface area contributed by atoms with Crippen molar-refractivity contribution < 1.29 is 5.11 Å². The largest absolute Gasteiger partial charge is 0.396 e. The lowest BCUT2D eigenvalue weighted by atomic mass is 9.90. The Kier molecular flexibility index (Phi) is 24.1. The fourth-order valence-corrected chi connectivity index (χ4v) is 0.681. The van der Waals surface area contributed by atoms with E-state index < -0.39 is 0 Å². The molecule has 0 aromatic heterocycles. The summed E-state index contributed by atoms with van der Waals surface area (Å²) >= 11 is 6.25. The van der Waals surface area contributed by atoms with Crippen LogP contribution in [0.3, 0.4) is 0 Å². The molecular weight excluding hydrogens is 334 g/mol. The van der Waals surface area contributed by atoms with Crippen LogP contribution in [0.5, 0.6) is 0 Å². The lowest BCUT2D eigenvalue weighted by Crippen LogP contribution is -2.05. The predicted octanol–water partition coefficient (Wildman–Crippen LogP) is 4.50. The van der Waals surface area contributed by atoms with Gasteiger partial charge in [0.25, 0.3) is 0 Å². The molecule has 0 heterocycles. The van der Waals surface area contributed by atoms with Crippen molar-refractivity contribution >= 4 is 31.9 Å². The van der Waals surface area contributed by atoms with Crippen LogP contribution in [0, 0.1) is 16.7 Å². The molecule has 0 amide bonds. The third-order valence-corrected chi connectivity index (χ3v) is 2.60. The third kappa shape index (κ3) is 29.3. The standard InChI is InChI=1S/C7H13N.C3H7Br.C2H5BrO/c1-4-5-7(2,3)6-8;1-2-3-4;3-1-2-4/h4-5H2,1-3H3;2-3H2,1H3;4H,1-2H2. The van der Waals surface area contributed by atoms with Crippen LogP contribution >= 0.6 is 31.9 Å². The van der Waals surface area contributed by atoms with Gasteiger partial charge in [-0.15, -0.1) is 0 Å². The van der Waals surface area contributed by atoms with Crippen LogP contribution in [0.15, 0.2) is 0 Å². The summed E-state index contributed by atoms with van der Waals surface area (Å²) in [6.45, 7) is 8.40. The molecule has 2 nitrogen and oxygen atoms in total. The summed E-state index contributed by atoms with van der Waals surface area (Å²) in [5.74, 6) is 0. The maximum atomic E-state index is 8.48. The molecule has 0 saturated carbocycles. The Morgan fingerprint density at radius 3 is 1.56 bits per heavy atom. The Hall–Kier alpha value is 0.410. The fourth-order valence-electron chi connectivity index (χ4n) is 0.681. The maximum Gasteiger partial charge on any atom is 0.0683 e. The first kappa shape index (κ1) is 21.7. The summed E-state index contributed by atoms with van der Waals surface area (Å²) in [6.07, 6.45) is 3.34. The smallest absolute Gasteiger partial charge is 0.0683 e. The number of rotatable bonds is 4. The second-order valence-corrected chi connectivity index (χ2v) is 5.43. The van der Waals surface area contributed by atoms with Crippen molar-refractivity contribution in [3.63, 3.8) is 0 Å². The average Bonchev–Trinajstić information content (AvgIpc) is 2.30. The van der Waals surface area contributed by atoms with Gasteiger partial charge in [-0.05, 0) is 26.7 Å². The molecule has 0 aliphatic heterocycles. The topological polar surface area (TPSA) is 44.0 Å². The molecular formula is C12H25Br2NO. The number of aliphatic hydroxyl groups is 1. The Labute approximate surface area is 118 Å². The number of hydrogen-bond acceptors (Lipinski definition) is 2. The highest BCUT2D eigenvalue weighted by molar-refractivity contribution is 9.09. The van der Waals surface area contributed by atoms with E-state index in [0.717, 1.165) is 18.2 Å². The van der Waals surface area contributed by atoms with Gasteiger partial charge in [-0.3, -0.25) is 0 Å². The maximum absolute atomic E-state index is 8.48. The molecule has 0 radical (unpaired) electrons. The second kappa shape index (κ2) is 17.8. The molecule has 0 aliphatic rings. The minimum atomic E-state index is -0.102. The Morgan fingerprint density at radius 1 is 1.12 bits per heavy atom. The van der Waals surface area contributed by atoms with Crippen molar-refractivity contribution in [2.75, 3.05) is 17.3 Å². The zero-order chi connectivity index (χ0) is 13.4. The van der Waals surface area contributed by atoms with Crippen LogP contribution < -0.4 is 0 Å². The van der Waals surface area contributed by atoms with Gasteiger partial charge in [0.05, 0.1) is 18.1 Å². The molecule has 0 atom stereocenters. The van der Waals surface area contributed by atoms with Gasteiger partial charge in [0.2, 0.25) is 0 Å². The van der Waals surface area contributed by atoms with E-state index in [9.17, 15) is 0 Å². The summed E-state index contributed by atoms with van der Waals surface area (Å²) in [7, 11) is 0. The first-order valence-electron chi connectivity index (χ1n) is 5.59. The summed E-state index contributed by atoms with van der Waals surface area (Å²) in [5, 5.41) is 18.1. The molecule has 0 aromatic rings. The van der Waals surface area contributed by atoms with E-state index in [2.05, 4.69) is 51.8 Å². The van der Waals surface area contributed by atoms with Crippen molar-refractivity contribution in [1.82, 2.24) is 0 Å². The monoisotopic (exact) mass is 357 g/mol. The van der Waals surface area contributed by atoms with Gasteiger partial charge in [-0.2, -0.15) is 5.26 Å². The van der Waals surface area contributed by atoms with E-state index >= 15 is 0 Å². The van der Waals surface area contributed by atoms with E-state index in [1.807, 2.05) is 13.8 Å². The van der Waals surface area contributed by atoms with E-state index in [4.69, 9.17) is 10.4 Å². The SMILES string of the molecule is CCCBr.CCCC(C)(C)C#N.OCCBr. The van der Waals surface area contributed by atoms with Crippen molar-refractivity contribution in [3.8, 4) is 6.07 Å². The van der Waals surface area contributed by atoms with Gasteiger partial charge in [0.15, 0.2) is 0 Å². The number of hydrogen-bond donors (Lipinski definition) is 1. The lowest BCUT2D eigenvalue weighted by Gasteiger charge is -2.11. The molecule has 0 spiro atoms. The summed E-state index contributed by atoms with van der Waals surface area (Å²) in [6, 6.07) is 2.24. The van der Waals surface area contributed by atoms with Gasteiger partial charge in [0.1, 0.15) is 0 Å². The Bertz CT molecular complexity index is 148.